The van der Waals surface area contributed by atoms with Crippen molar-refractivity contribution >= 4 is 16.0 Å². The minimum atomic E-state index is -3.87. The summed E-state index contributed by atoms with van der Waals surface area (Å²) in [6, 6.07) is 5.07. The summed E-state index contributed by atoms with van der Waals surface area (Å²) >= 11 is 0. The number of benzene rings is 1. The number of carbonyl (C=O) groups is 1. The number of nitrogens with one attached hydrogen (secondary N) is 1. The minimum absolute atomic E-state index is 0.0502. The number of carbonyl (C=O) groups excluding carboxylic acids is 1. The minimum Gasteiger partial charge on any atom is -0.468 e. The summed E-state index contributed by atoms with van der Waals surface area (Å²) in [7, 11) is -2.75. The number of aliphatic hydroxyl groups is 1. The van der Waals surface area contributed by atoms with Crippen LogP contribution in [0.3, 0.4) is 0 Å². The van der Waals surface area contributed by atoms with Crippen LogP contribution in [-0.4, -0.2) is 39.3 Å². The van der Waals surface area contributed by atoms with Crippen molar-refractivity contribution in [1.29, 1.82) is 0 Å². The SMILES string of the molecule is CCc1cccc(S(=O)(=O)N[C@@H](CO)C(=O)OC)c1. The summed E-state index contributed by atoms with van der Waals surface area (Å²) in [5, 5.41) is 9.01. The highest BCUT2D eigenvalue weighted by molar-refractivity contribution is 7.89. The van der Waals surface area contributed by atoms with E-state index in [1.165, 1.54) is 12.1 Å². The van der Waals surface area contributed by atoms with Crippen LogP contribution in [0.4, 0.5) is 0 Å². The van der Waals surface area contributed by atoms with Crippen LogP contribution in [0.15, 0.2) is 29.2 Å². The number of aliphatic hydroxyl groups excluding tert-OH is 1. The van der Waals surface area contributed by atoms with E-state index in [1.54, 1.807) is 6.07 Å². The molecule has 0 saturated heterocycles. The normalized spacial score (nSPS) is 13.0. The van der Waals surface area contributed by atoms with Gasteiger partial charge in [-0.25, -0.2) is 8.42 Å². The maximum absolute atomic E-state index is 12.1. The second kappa shape index (κ2) is 6.65. The van der Waals surface area contributed by atoms with E-state index in [1.807, 2.05) is 13.0 Å². The lowest BCUT2D eigenvalue weighted by molar-refractivity contribution is -0.143. The molecule has 0 bridgehead atoms. The number of methoxy groups -OCH3 is 1. The molecule has 2 N–H and O–H groups in total. The number of ether oxygens (including phenoxy) is 1. The smallest absolute Gasteiger partial charge is 0.326 e. The fourth-order valence-corrected chi connectivity index (χ4v) is 2.74. The van der Waals surface area contributed by atoms with Gasteiger partial charge in [-0.15, -0.1) is 0 Å². The fraction of sp³-hybridized carbons (Fsp3) is 0.417. The molecule has 0 aliphatic heterocycles. The van der Waals surface area contributed by atoms with Crippen molar-refractivity contribution < 1.29 is 23.1 Å². The van der Waals surface area contributed by atoms with Crippen molar-refractivity contribution in [2.45, 2.75) is 24.3 Å². The second-order valence-corrected chi connectivity index (χ2v) is 5.59. The number of aryl methyl sites for hydroxylation is 1. The Morgan fingerprint density at radius 1 is 1.47 bits per heavy atom. The molecule has 0 amide bonds. The van der Waals surface area contributed by atoms with Crippen molar-refractivity contribution in [1.82, 2.24) is 4.72 Å². The van der Waals surface area contributed by atoms with Gasteiger partial charge < -0.3 is 9.84 Å². The molecule has 1 rings (SSSR count). The Labute approximate surface area is 112 Å². The molecular formula is C12H17NO5S. The highest BCUT2D eigenvalue weighted by Crippen LogP contribution is 2.12. The van der Waals surface area contributed by atoms with E-state index in [0.29, 0.717) is 6.42 Å². The van der Waals surface area contributed by atoms with E-state index >= 15 is 0 Å². The Bertz CT molecular complexity index is 541. The number of rotatable bonds is 6. The second-order valence-electron chi connectivity index (χ2n) is 3.88. The lowest BCUT2D eigenvalue weighted by Crippen LogP contribution is -2.43. The van der Waals surface area contributed by atoms with E-state index in [-0.39, 0.29) is 4.90 Å². The molecule has 106 valence electrons. The van der Waals surface area contributed by atoms with Gasteiger partial charge in [0, 0.05) is 0 Å². The summed E-state index contributed by atoms with van der Waals surface area (Å²) in [6.07, 6.45) is 0.698. The molecule has 6 nitrogen and oxygen atoms in total. The van der Waals surface area contributed by atoms with Crippen LogP contribution in [0, 0.1) is 0 Å². The quantitative estimate of drug-likeness (QED) is 0.722. The van der Waals surface area contributed by atoms with E-state index < -0.39 is 28.6 Å². The summed E-state index contributed by atoms with van der Waals surface area (Å²) in [4.78, 5) is 11.3. The summed E-state index contributed by atoms with van der Waals surface area (Å²) in [5.41, 5.74) is 0.862. The highest BCUT2D eigenvalue weighted by atomic mass is 32.2. The van der Waals surface area contributed by atoms with Gasteiger partial charge in [0.25, 0.3) is 0 Å². The molecule has 0 aromatic heterocycles. The van der Waals surface area contributed by atoms with Crippen molar-refractivity contribution in [2.75, 3.05) is 13.7 Å². The van der Waals surface area contributed by atoms with Gasteiger partial charge in [-0.2, -0.15) is 4.72 Å². The van der Waals surface area contributed by atoms with Crippen molar-refractivity contribution in [3.05, 3.63) is 29.8 Å². The molecule has 0 radical (unpaired) electrons. The molecule has 0 aliphatic rings. The van der Waals surface area contributed by atoms with Gasteiger partial charge in [0.2, 0.25) is 10.0 Å². The standard InChI is InChI=1S/C12H17NO5S/c1-3-9-5-4-6-10(7-9)19(16,17)13-11(8-14)12(15)18-2/h4-7,11,13-14H,3,8H2,1-2H3/t11-/m0/s1. The molecule has 1 atom stereocenters. The molecule has 0 saturated carbocycles. The van der Waals surface area contributed by atoms with Gasteiger partial charge in [-0.1, -0.05) is 19.1 Å². The summed E-state index contributed by atoms with van der Waals surface area (Å²) in [5.74, 6) is -0.835. The average Bonchev–Trinajstić information content (AvgIpc) is 2.44. The van der Waals surface area contributed by atoms with Gasteiger partial charge in [0.05, 0.1) is 18.6 Å². The average molecular weight is 287 g/mol. The topological polar surface area (TPSA) is 92.7 Å². The zero-order valence-electron chi connectivity index (χ0n) is 10.8. The van der Waals surface area contributed by atoms with Crippen LogP contribution in [0.1, 0.15) is 12.5 Å². The third kappa shape index (κ3) is 4.02. The largest absolute Gasteiger partial charge is 0.468 e. The van der Waals surface area contributed by atoms with Gasteiger partial charge in [0.15, 0.2) is 0 Å². The Hall–Kier alpha value is -1.44. The molecular weight excluding hydrogens is 270 g/mol. The molecule has 1 aromatic rings. The van der Waals surface area contributed by atoms with Crippen molar-refractivity contribution in [3.63, 3.8) is 0 Å². The highest BCUT2D eigenvalue weighted by Gasteiger charge is 2.25. The number of hydrogen-bond donors (Lipinski definition) is 2. The van der Waals surface area contributed by atoms with Crippen LogP contribution in [0.25, 0.3) is 0 Å². The molecule has 0 aliphatic carbocycles. The van der Waals surface area contributed by atoms with Gasteiger partial charge in [-0.05, 0) is 24.1 Å². The van der Waals surface area contributed by atoms with Crippen LogP contribution in [-0.2, 0) is 26.0 Å². The molecule has 19 heavy (non-hydrogen) atoms. The van der Waals surface area contributed by atoms with Crippen LogP contribution in [0.2, 0.25) is 0 Å². The van der Waals surface area contributed by atoms with E-state index in [9.17, 15) is 13.2 Å². The fourth-order valence-electron chi connectivity index (χ4n) is 1.49. The monoisotopic (exact) mass is 287 g/mol. The number of hydrogen-bond acceptors (Lipinski definition) is 5. The zero-order valence-corrected chi connectivity index (χ0v) is 11.6. The van der Waals surface area contributed by atoms with Crippen LogP contribution >= 0.6 is 0 Å². The maximum atomic E-state index is 12.1. The first-order valence-corrected chi connectivity index (χ1v) is 7.23. The van der Waals surface area contributed by atoms with E-state index in [0.717, 1.165) is 12.7 Å². The number of sulfonamides is 1. The molecule has 0 fully saturated rings. The predicted molar refractivity (Wildman–Crippen MR) is 69.0 cm³/mol. The van der Waals surface area contributed by atoms with Gasteiger partial charge in [0.1, 0.15) is 6.04 Å². The van der Waals surface area contributed by atoms with Crippen LogP contribution in [0.5, 0.6) is 0 Å². The van der Waals surface area contributed by atoms with Crippen LogP contribution < -0.4 is 4.72 Å². The lowest BCUT2D eigenvalue weighted by atomic mass is 10.2. The Morgan fingerprint density at radius 3 is 2.68 bits per heavy atom. The third-order valence-corrected chi connectivity index (χ3v) is 4.05. The zero-order chi connectivity index (χ0) is 14.5. The van der Waals surface area contributed by atoms with Gasteiger partial charge >= 0.3 is 5.97 Å². The van der Waals surface area contributed by atoms with Crippen molar-refractivity contribution in [2.24, 2.45) is 0 Å². The Morgan fingerprint density at radius 2 is 2.16 bits per heavy atom. The summed E-state index contributed by atoms with van der Waals surface area (Å²) < 4.78 is 30.6. The van der Waals surface area contributed by atoms with Crippen molar-refractivity contribution in [3.8, 4) is 0 Å². The molecule has 1 aromatic carbocycles. The summed E-state index contributed by atoms with van der Waals surface area (Å²) in [6.45, 7) is 1.24. The molecule has 7 heteroatoms. The lowest BCUT2D eigenvalue weighted by Gasteiger charge is -2.14. The third-order valence-electron chi connectivity index (χ3n) is 2.58. The Kier molecular flexibility index (Phi) is 5.46. The molecule has 0 unspecified atom stereocenters. The van der Waals surface area contributed by atoms with E-state index in [2.05, 4.69) is 9.46 Å². The first-order valence-electron chi connectivity index (χ1n) is 5.74. The van der Waals surface area contributed by atoms with Gasteiger partial charge in [-0.3, -0.25) is 4.79 Å². The predicted octanol–water partition coefficient (Wildman–Crippen LogP) is 0.0612. The maximum Gasteiger partial charge on any atom is 0.326 e. The van der Waals surface area contributed by atoms with E-state index in [4.69, 9.17) is 5.11 Å². The Balaban J connectivity index is 3.00. The molecule has 0 heterocycles. The molecule has 0 spiro atoms. The first-order chi connectivity index (χ1) is 8.94. The first kappa shape index (κ1) is 15.6. The number of esters is 1.